The van der Waals surface area contributed by atoms with Gasteiger partial charge in [-0.3, -0.25) is 5.41 Å². The van der Waals surface area contributed by atoms with E-state index in [9.17, 15) is 0 Å². The molecule has 0 saturated carbocycles. The number of aryl methyl sites for hydroxylation is 1. The molecular weight excluding hydrogens is 326 g/mol. The van der Waals surface area contributed by atoms with E-state index in [2.05, 4.69) is 24.1 Å². The number of hydrogen-bond donors (Lipinski definition) is 3. The molecule has 1 heterocycles. The lowest BCUT2D eigenvalue weighted by molar-refractivity contribution is 0.414. The van der Waals surface area contributed by atoms with Crippen LogP contribution in [0.1, 0.15) is 61.0 Å². The van der Waals surface area contributed by atoms with Gasteiger partial charge in [0.2, 0.25) is 0 Å². The Morgan fingerprint density at radius 3 is 2.50 bits per heavy atom. The van der Waals surface area contributed by atoms with Gasteiger partial charge in [0.1, 0.15) is 5.75 Å². The second-order valence-corrected chi connectivity index (χ2v) is 6.01. The number of nitrogens with zero attached hydrogens (tertiary/aromatic N) is 2. The van der Waals surface area contributed by atoms with Crippen molar-refractivity contribution >= 4 is 16.9 Å². The first-order valence-corrected chi connectivity index (χ1v) is 9.09. The first-order chi connectivity index (χ1) is 12.0. The van der Waals surface area contributed by atoms with Crippen molar-refractivity contribution in [1.29, 1.82) is 5.41 Å². The Balaban J connectivity index is 0. The molecule has 26 heavy (non-hydrogen) atoms. The van der Waals surface area contributed by atoms with Gasteiger partial charge in [0.15, 0.2) is 11.3 Å². The molecule has 6 heteroatoms. The third-order valence-electron chi connectivity index (χ3n) is 3.88. The van der Waals surface area contributed by atoms with Gasteiger partial charge in [-0.15, -0.1) is 0 Å². The maximum Gasteiger partial charge on any atom is 0.169 e. The molecule has 2 rings (SSSR count). The zero-order chi connectivity index (χ0) is 19.0. The summed E-state index contributed by atoms with van der Waals surface area (Å²) in [4.78, 5) is 4.68. The van der Waals surface area contributed by atoms with E-state index in [0.29, 0.717) is 17.9 Å². The number of unbranched alkanes of at least 4 members (excludes halogenated alkanes) is 1. The van der Waals surface area contributed by atoms with Gasteiger partial charge in [0.25, 0.3) is 0 Å². The summed E-state index contributed by atoms with van der Waals surface area (Å²) >= 11 is 0. The van der Waals surface area contributed by atoms with E-state index in [4.69, 9.17) is 15.9 Å². The van der Waals surface area contributed by atoms with Crippen LogP contribution in [0.5, 0.6) is 5.75 Å². The highest BCUT2D eigenvalue weighted by molar-refractivity contribution is 5.81. The number of fused-ring (bicyclic) bond motifs is 1. The maximum atomic E-state index is 8.51. The molecule has 1 aromatic carbocycles. The Labute approximate surface area is 159 Å². The molecule has 0 amide bonds. The van der Waals surface area contributed by atoms with E-state index in [1.165, 1.54) is 0 Å². The average molecular weight is 366 g/mol. The first kappa shape index (κ1) is 23.9. The average Bonchev–Trinajstić information content (AvgIpc) is 2.60. The van der Waals surface area contributed by atoms with Crippen LogP contribution in [0.4, 0.5) is 5.82 Å². The lowest BCUT2D eigenvalue weighted by Crippen LogP contribution is -2.27. The number of nitrogens with one attached hydrogen (secondary N) is 2. The lowest BCUT2D eigenvalue weighted by Gasteiger charge is -2.19. The minimum atomic E-state index is 0. The molecule has 0 bridgehead atoms. The third-order valence-corrected chi connectivity index (χ3v) is 3.88. The summed E-state index contributed by atoms with van der Waals surface area (Å²) in [6, 6.07) is 4.08. The van der Waals surface area contributed by atoms with E-state index in [1.807, 2.05) is 37.5 Å². The summed E-state index contributed by atoms with van der Waals surface area (Å²) in [5, 5.41) is 11.8. The van der Waals surface area contributed by atoms with Gasteiger partial charge in [-0.1, -0.05) is 21.3 Å². The van der Waals surface area contributed by atoms with Gasteiger partial charge < -0.3 is 20.4 Å². The molecule has 0 saturated heterocycles. The van der Waals surface area contributed by atoms with Crippen molar-refractivity contribution < 1.29 is 6.16 Å². The quantitative estimate of drug-likeness (QED) is 0.631. The predicted octanol–water partition coefficient (Wildman–Crippen LogP) is 4.47. The van der Waals surface area contributed by atoms with Gasteiger partial charge in [-0.05, 0) is 51.8 Å². The van der Waals surface area contributed by atoms with E-state index < -0.39 is 0 Å². The minimum absolute atomic E-state index is 0. The topological polar surface area (TPSA) is 89.0 Å². The summed E-state index contributed by atoms with van der Waals surface area (Å²) in [6.45, 7) is 11.6. The number of rotatable bonds is 7. The van der Waals surface area contributed by atoms with Crippen molar-refractivity contribution in [3.63, 3.8) is 0 Å². The zero-order valence-electron chi connectivity index (χ0n) is 16.4. The number of anilines is 1. The van der Waals surface area contributed by atoms with Gasteiger partial charge in [0, 0.05) is 20.1 Å². The Morgan fingerprint density at radius 1 is 1.31 bits per heavy atom. The van der Waals surface area contributed by atoms with Crippen LogP contribution in [0.15, 0.2) is 12.1 Å². The molecule has 0 fully saturated rings. The summed E-state index contributed by atoms with van der Waals surface area (Å²) in [7, 11) is 1.66. The summed E-state index contributed by atoms with van der Waals surface area (Å²) < 4.78 is 7.36. The lowest BCUT2D eigenvalue weighted by atomic mass is 10.1. The van der Waals surface area contributed by atoms with Gasteiger partial charge >= 0.3 is 0 Å². The van der Waals surface area contributed by atoms with Crippen molar-refractivity contribution in [1.82, 2.24) is 9.55 Å². The number of nitrogens with two attached hydrogens (primary N) is 1. The van der Waals surface area contributed by atoms with Crippen LogP contribution in [0, 0.1) is 12.3 Å². The summed E-state index contributed by atoms with van der Waals surface area (Å²) in [5.41, 5.74) is 8.79. The minimum Gasteiger partial charge on any atom is -0.497 e. The first-order valence-electron chi connectivity index (χ1n) is 9.09. The van der Waals surface area contributed by atoms with Crippen LogP contribution in [-0.2, 0) is 0 Å². The summed E-state index contributed by atoms with van der Waals surface area (Å²) in [5.74, 6) is 1.41. The van der Waals surface area contributed by atoms with Crippen LogP contribution in [-0.4, -0.2) is 29.8 Å². The third kappa shape index (κ3) is 5.46. The van der Waals surface area contributed by atoms with E-state index >= 15 is 0 Å². The number of benzene rings is 1. The van der Waals surface area contributed by atoms with Crippen molar-refractivity contribution in [3.8, 4) is 5.75 Å². The maximum absolute atomic E-state index is 8.51. The molecule has 0 unspecified atom stereocenters. The fraction of sp³-hybridized carbons (Fsp3) is 0.600. The van der Waals surface area contributed by atoms with Crippen LogP contribution in [0.25, 0.3) is 11.0 Å². The van der Waals surface area contributed by atoms with Crippen LogP contribution < -0.4 is 21.3 Å². The molecule has 1 aromatic heterocycles. The SMILES string of the molecule is C.CC.COc1cc(C)c2nc(NCCCCN)c(=N)n(C(C)C)c2c1.[HH]. The second-order valence-electron chi connectivity index (χ2n) is 6.01. The number of methoxy groups -OCH3 is 1. The molecule has 2 aromatic rings. The van der Waals surface area contributed by atoms with E-state index in [-0.39, 0.29) is 14.9 Å². The molecule has 0 aliphatic rings. The highest BCUT2D eigenvalue weighted by atomic mass is 16.5. The van der Waals surface area contributed by atoms with Gasteiger partial charge in [-0.25, -0.2) is 4.98 Å². The number of ether oxygens (including phenoxy) is 1. The molecular formula is C20H39N5O. The monoisotopic (exact) mass is 365 g/mol. The Morgan fingerprint density at radius 2 is 1.96 bits per heavy atom. The smallest absolute Gasteiger partial charge is 0.169 e. The highest BCUT2D eigenvalue weighted by Crippen LogP contribution is 2.25. The Hall–Kier alpha value is -2.08. The van der Waals surface area contributed by atoms with Gasteiger partial charge in [0.05, 0.1) is 18.1 Å². The molecule has 0 aliphatic carbocycles. The summed E-state index contributed by atoms with van der Waals surface area (Å²) in [6.07, 6.45) is 1.94. The number of aromatic nitrogens is 2. The molecule has 4 N–H and O–H groups in total. The fourth-order valence-corrected chi connectivity index (χ4v) is 2.71. The normalized spacial score (nSPS) is 10.2. The van der Waals surface area contributed by atoms with Crippen molar-refractivity contribution in [2.24, 2.45) is 5.73 Å². The van der Waals surface area contributed by atoms with Crippen molar-refractivity contribution in [2.45, 2.75) is 60.9 Å². The molecule has 0 spiro atoms. The Kier molecular flexibility index (Phi) is 10.6. The van der Waals surface area contributed by atoms with E-state index in [0.717, 1.165) is 41.7 Å². The van der Waals surface area contributed by atoms with Crippen molar-refractivity contribution in [3.05, 3.63) is 23.2 Å². The molecule has 6 nitrogen and oxygen atoms in total. The molecule has 0 radical (unpaired) electrons. The van der Waals surface area contributed by atoms with Crippen LogP contribution >= 0.6 is 0 Å². The zero-order valence-corrected chi connectivity index (χ0v) is 16.4. The van der Waals surface area contributed by atoms with Crippen molar-refractivity contribution in [2.75, 3.05) is 25.5 Å². The largest absolute Gasteiger partial charge is 0.497 e. The fourth-order valence-electron chi connectivity index (χ4n) is 2.71. The van der Waals surface area contributed by atoms with E-state index in [1.54, 1.807) is 7.11 Å². The van der Waals surface area contributed by atoms with Crippen LogP contribution in [0.3, 0.4) is 0 Å². The highest BCUT2D eigenvalue weighted by Gasteiger charge is 2.13. The number of hydrogen-bond acceptors (Lipinski definition) is 5. The second kappa shape index (κ2) is 11.5. The molecule has 150 valence electrons. The standard InChI is InChI=1S/C17H27N5O.C2H6.CH4.H2/c1-11(2)22-14-10-13(23-4)9-12(3)15(14)21-17(16(22)19)20-8-6-5-7-18;1-2;;/h9-11,19H,5-8,18H2,1-4H3,(H,20,21);1-2H3;1H4;1H. The molecule has 0 aliphatic heterocycles. The Bertz CT molecular complexity index is 743. The van der Waals surface area contributed by atoms with Crippen LogP contribution in [0.2, 0.25) is 0 Å². The molecule has 0 atom stereocenters. The van der Waals surface area contributed by atoms with Gasteiger partial charge in [-0.2, -0.15) is 0 Å². The predicted molar refractivity (Wildman–Crippen MR) is 114 cm³/mol.